The zero-order valence-corrected chi connectivity index (χ0v) is 12.0. The Kier molecular flexibility index (Phi) is 6.39. The Labute approximate surface area is 109 Å². The van der Waals surface area contributed by atoms with E-state index < -0.39 is 0 Å². The Morgan fingerprint density at radius 3 is 2.94 bits per heavy atom. The van der Waals surface area contributed by atoms with Crippen LogP contribution in [0.25, 0.3) is 0 Å². The van der Waals surface area contributed by atoms with Gasteiger partial charge in [0.15, 0.2) is 0 Å². The van der Waals surface area contributed by atoms with Gasteiger partial charge in [0.2, 0.25) is 0 Å². The van der Waals surface area contributed by atoms with Crippen LogP contribution in [0.3, 0.4) is 0 Å². The lowest BCUT2D eigenvalue weighted by Gasteiger charge is -2.14. The lowest BCUT2D eigenvalue weighted by Crippen LogP contribution is -2.27. The molecule has 0 bridgehead atoms. The highest BCUT2D eigenvalue weighted by atomic mass is 79.9. The van der Waals surface area contributed by atoms with E-state index in [9.17, 15) is 4.39 Å². The molecule has 0 heterocycles. The smallest absolute Gasteiger partial charge is 0.137 e. The van der Waals surface area contributed by atoms with Gasteiger partial charge in [0.05, 0.1) is 4.47 Å². The van der Waals surface area contributed by atoms with Gasteiger partial charge in [-0.15, -0.1) is 0 Å². The van der Waals surface area contributed by atoms with Crippen LogP contribution < -0.4 is 5.32 Å². The van der Waals surface area contributed by atoms with Crippen molar-refractivity contribution in [3.8, 4) is 0 Å². The summed E-state index contributed by atoms with van der Waals surface area (Å²) in [5.74, 6) is 2.02. The van der Waals surface area contributed by atoms with Crippen LogP contribution in [0.15, 0.2) is 22.7 Å². The maximum absolute atomic E-state index is 13.2. The van der Waals surface area contributed by atoms with Crippen LogP contribution in [0.4, 0.5) is 4.39 Å². The molecular formula is C12H17BrFNS. The largest absolute Gasteiger partial charge is 0.309 e. The summed E-state index contributed by atoms with van der Waals surface area (Å²) in [6, 6.07) is 5.58. The molecule has 4 heteroatoms. The van der Waals surface area contributed by atoms with E-state index in [0.29, 0.717) is 17.1 Å². The van der Waals surface area contributed by atoms with Gasteiger partial charge in [-0.25, -0.2) is 4.39 Å². The molecule has 1 atom stereocenters. The normalized spacial score (nSPS) is 12.8. The van der Waals surface area contributed by atoms with Crippen molar-refractivity contribution in [1.82, 2.24) is 5.32 Å². The molecule has 16 heavy (non-hydrogen) atoms. The van der Waals surface area contributed by atoms with E-state index >= 15 is 0 Å². The second-order valence-electron chi connectivity index (χ2n) is 3.65. The first kappa shape index (κ1) is 14.0. The molecule has 1 rings (SSSR count). The van der Waals surface area contributed by atoms with Gasteiger partial charge in [-0.3, -0.25) is 0 Å². The Morgan fingerprint density at radius 2 is 2.25 bits per heavy atom. The second kappa shape index (κ2) is 7.30. The number of halogens is 2. The standard InChI is InChI=1S/C12H17BrFNS/c1-3-16-8-9(2)15-7-10-5-4-6-11(14)12(10)13/h4-6,9,15H,3,7-8H2,1-2H3. The summed E-state index contributed by atoms with van der Waals surface area (Å²) >= 11 is 5.17. The molecule has 1 N–H and O–H groups in total. The Bertz CT molecular complexity index is 333. The highest BCUT2D eigenvalue weighted by molar-refractivity contribution is 9.10. The molecule has 1 aromatic rings. The van der Waals surface area contributed by atoms with Crippen molar-refractivity contribution in [2.24, 2.45) is 0 Å². The van der Waals surface area contributed by atoms with Gasteiger partial charge in [-0.1, -0.05) is 19.1 Å². The van der Waals surface area contributed by atoms with Crippen molar-refractivity contribution >= 4 is 27.7 Å². The minimum absolute atomic E-state index is 0.199. The van der Waals surface area contributed by atoms with E-state index in [1.165, 1.54) is 6.07 Å². The average Bonchev–Trinajstić information content (AvgIpc) is 2.28. The van der Waals surface area contributed by atoms with Crippen molar-refractivity contribution in [2.75, 3.05) is 11.5 Å². The maximum Gasteiger partial charge on any atom is 0.137 e. The summed E-state index contributed by atoms with van der Waals surface area (Å²) in [5, 5.41) is 3.38. The molecule has 0 aliphatic rings. The van der Waals surface area contributed by atoms with Crippen LogP contribution in [0.1, 0.15) is 19.4 Å². The number of rotatable bonds is 6. The van der Waals surface area contributed by atoms with Crippen LogP contribution in [-0.4, -0.2) is 17.5 Å². The Balaban J connectivity index is 2.45. The summed E-state index contributed by atoms with van der Waals surface area (Å²) < 4.78 is 13.8. The van der Waals surface area contributed by atoms with E-state index in [1.807, 2.05) is 17.8 Å². The van der Waals surface area contributed by atoms with Crippen LogP contribution in [0.2, 0.25) is 0 Å². The van der Waals surface area contributed by atoms with Gasteiger partial charge in [0.25, 0.3) is 0 Å². The first-order valence-electron chi connectivity index (χ1n) is 5.39. The van der Waals surface area contributed by atoms with E-state index in [2.05, 4.69) is 35.1 Å². The number of thioether (sulfide) groups is 1. The molecule has 0 saturated carbocycles. The van der Waals surface area contributed by atoms with Crippen molar-refractivity contribution in [2.45, 2.75) is 26.4 Å². The van der Waals surface area contributed by atoms with Gasteiger partial charge in [-0.05, 0) is 40.2 Å². The van der Waals surface area contributed by atoms with Gasteiger partial charge in [-0.2, -0.15) is 11.8 Å². The number of benzene rings is 1. The zero-order valence-electron chi connectivity index (χ0n) is 9.59. The summed E-state index contributed by atoms with van der Waals surface area (Å²) in [4.78, 5) is 0. The third-order valence-electron chi connectivity index (χ3n) is 2.24. The minimum Gasteiger partial charge on any atom is -0.309 e. The molecular weight excluding hydrogens is 289 g/mol. The SMILES string of the molecule is CCSCC(C)NCc1cccc(F)c1Br. The Morgan fingerprint density at radius 1 is 1.50 bits per heavy atom. The first-order chi connectivity index (χ1) is 7.65. The highest BCUT2D eigenvalue weighted by Gasteiger charge is 2.06. The molecule has 0 aliphatic heterocycles. The number of hydrogen-bond acceptors (Lipinski definition) is 2. The zero-order chi connectivity index (χ0) is 12.0. The van der Waals surface area contributed by atoms with E-state index in [0.717, 1.165) is 17.1 Å². The molecule has 0 saturated heterocycles. The lowest BCUT2D eigenvalue weighted by atomic mass is 10.2. The minimum atomic E-state index is -0.199. The molecule has 0 fully saturated rings. The quantitative estimate of drug-likeness (QED) is 0.857. The maximum atomic E-state index is 13.2. The molecule has 0 spiro atoms. The number of hydrogen-bond donors (Lipinski definition) is 1. The molecule has 0 amide bonds. The fourth-order valence-electron chi connectivity index (χ4n) is 1.32. The van der Waals surface area contributed by atoms with Crippen molar-refractivity contribution < 1.29 is 4.39 Å². The third-order valence-corrected chi connectivity index (χ3v) is 4.28. The fourth-order valence-corrected chi connectivity index (χ4v) is 2.43. The monoisotopic (exact) mass is 305 g/mol. The van der Waals surface area contributed by atoms with Crippen molar-refractivity contribution in [3.05, 3.63) is 34.1 Å². The summed E-state index contributed by atoms with van der Waals surface area (Å²) in [5.41, 5.74) is 0.966. The van der Waals surface area contributed by atoms with Crippen molar-refractivity contribution in [1.29, 1.82) is 0 Å². The molecule has 1 nitrogen and oxygen atoms in total. The van der Waals surface area contributed by atoms with Gasteiger partial charge >= 0.3 is 0 Å². The molecule has 0 aliphatic carbocycles. The summed E-state index contributed by atoms with van der Waals surface area (Å²) in [7, 11) is 0. The first-order valence-corrected chi connectivity index (χ1v) is 7.34. The fraction of sp³-hybridized carbons (Fsp3) is 0.500. The van der Waals surface area contributed by atoms with E-state index in [4.69, 9.17) is 0 Å². The van der Waals surface area contributed by atoms with Gasteiger partial charge in [0, 0.05) is 18.3 Å². The van der Waals surface area contributed by atoms with Crippen molar-refractivity contribution in [3.63, 3.8) is 0 Å². The predicted octanol–water partition coefficient (Wildman–Crippen LogP) is 3.82. The molecule has 1 unspecified atom stereocenters. The van der Waals surface area contributed by atoms with Crippen LogP contribution in [0.5, 0.6) is 0 Å². The van der Waals surface area contributed by atoms with Gasteiger partial charge < -0.3 is 5.32 Å². The second-order valence-corrected chi connectivity index (χ2v) is 5.77. The van der Waals surface area contributed by atoms with Gasteiger partial charge in [0.1, 0.15) is 5.82 Å². The predicted molar refractivity (Wildman–Crippen MR) is 73.4 cm³/mol. The highest BCUT2D eigenvalue weighted by Crippen LogP contribution is 2.20. The molecule has 0 aromatic heterocycles. The lowest BCUT2D eigenvalue weighted by molar-refractivity contribution is 0.583. The van der Waals surface area contributed by atoms with Crippen LogP contribution in [0, 0.1) is 5.82 Å². The topological polar surface area (TPSA) is 12.0 Å². The average molecular weight is 306 g/mol. The summed E-state index contributed by atoms with van der Waals surface area (Å²) in [6.07, 6.45) is 0. The van der Waals surface area contributed by atoms with E-state index in [1.54, 1.807) is 6.07 Å². The molecule has 90 valence electrons. The third kappa shape index (κ3) is 4.44. The molecule has 0 radical (unpaired) electrons. The molecule has 1 aromatic carbocycles. The van der Waals surface area contributed by atoms with Crippen LogP contribution in [-0.2, 0) is 6.54 Å². The van der Waals surface area contributed by atoms with Crippen LogP contribution >= 0.6 is 27.7 Å². The van der Waals surface area contributed by atoms with E-state index in [-0.39, 0.29) is 5.82 Å². The number of nitrogens with one attached hydrogen (secondary N) is 1. The Hall–Kier alpha value is -0.0600. The summed E-state index contributed by atoms with van der Waals surface area (Å²) in [6.45, 7) is 5.00.